The number of aliphatic hydroxyl groups is 1. The monoisotopic (exact) mass is 291 g/mol. The van der Waals surface area contributed by atoms with Crippen LogP contribution >= 0.6 is 0 Å². The van der Waals surface area contributed by atoms with Crippen LogP contribution in [0, 0.1) is 0 Å². The van der Waals surface area contributed by atoms with E-state index >= 15 is 0 Å². The van der Waals surface area contributed by atoms with Crippen LogP contribution in [-0.4, -0.2) is 29.4 Å². The van der Waals surface area contributed by atoms with Gasteiger partial charge in [-0.1, -0.05) is 54.6 Å². The zero-order chi connectivity index (χ0) is 15.7. The van der Waals surface area contributed by atoms with Crippen molar-refractivity contribution in [3.63, 3.8) is 0 Å². The van der Waals surface area contributed by atoms with Crippen LogP contribution in [0.4, 0.5) is 0 Å². The number of allylic oxidation sites excluding steroid dienone is 1. The Bertz CT molecular complexity index is 832. The molecule has 0 unspecified atom stereocenters. The van der Waals surface area contributed by atoms with Gasteiger partial charge in [-0.3, -0.25) is 14.6 Å². The lowest BCUT2D eigenvalue weighted by molar-refractivity contribution is -0.111. The van der Waals surface area contributed by atoms with Crippen molar-refractivity contribution in [2.45, 2.75) is 0 Å². The maximum absolute atomic E-state index is 12.4. The number of Topliss-reactive ketones (excluding diaryl/α,β-unsaturated/α-hetero) is 2. The van der Waals surface area contributed by atoms with Gasteiger partial charge in [0.25, 0.3) is 0 Å². The molecule has 0 saturated carbocycles. The number of carbonyl (C=O) groups excluding carboxylic acids is 2. The van der Waals surface area contributed by atoms with Crippen molar-refractivity contribution in [2.24, 2.45) is 4.99 Å². The minimum atomic E-state index is -0.736. The Morgan fingerprint density at radius 1 is 0.864 bits per heavy atom. The molecule has 0 fully saturated rings. The number of aliphatic hydroxyl groups excluding tert-OH is 1. The summed E-state index contributed by atoms with van der Waals surface area (Å²) < 4.78 is 0. The van der Waals surface area contributed by atoms with Gasteiger partial charge in [0.1, 0.15) is 5.76 Å². The summed E-state index contributed by atoms with van der Waals surface area (Å²) in [4.78, 5) is 28.8. The van der Waals surface area contributed by atoms with Crippen LogP contribution in [0.25, 0.3) is 5.76 Å². The van der Waals surface area contributed by atoms with Crippen LogP contribution in [0.15, 0.2) is 65.2 Å². The summed E-state index contributed by atoms with van der Waals surface area (Å²) in [6, 6.07) is 15.5. The number of aliphatic imine (C=N–C) groups is 1. The molecule has 1 aliphatic carbocycles. The van der Waals surface area contributed by atoms with Crippen molar-refractivity contribution in [1.29, 1.82) is 0 Å². The first-order chi connectivity index (χ1) is 10.6. The smallest absolute Gasteiger partial charge is 0.239 e. The number of ketones is 2. The van der Waals surface area contributed by atoms with Gasteiger partial charge in [-0.2, -0.15) is 0 Å². The summed E-state index contributed by atoms with van der Waals surface area (Å²) in [7, 11) is 1.53. The van der Waals surface area contributed by atoms with Gasteiger partial charge in [0.15, 0.2) is 0 Å². The molecule has 0 bridgehead atoms. The number of benzene rings is 2. The topological polar surface area (TPSA) is 66.7 Å². The lowest BCUT2D eigenvalue weighted by atomic mass is 9.84. The first-order valence-corrected chi connectivity index (χ1v) is 6.79. The molecule has 0 aromatic heterocycles. The molecule has 4 heteroatoms. The van der Waals surface area contributed by atoms with Gasteiger partial charge < -0.3 is 5.11 Å². The summed E-state index contributed by atoms with van der Waals surface area (Å²) in [5, 5.41) is 10.5. The molecule has 4 nitrogen and oxygen atoms in total. The third kappa shape index (κ3) is 2.05. The molecule has 0 spiro atoms. The molecule has 108 valence electrons. The Kier molecular flexibility index (Phi) is 3.43. The second-order valence-corrected chi connectivity index (χ2v) is 4.87. The molecule has 0 atom stereocenters. The highest BCUT2D eigenvalue weighted by molar-refractivity contribution is 6.59. The Balaban J connectivity index is 2.25. The zero-order valence-electron chi connectivity index (χ0n) is 11.9. The van der Waals surface area contributed by atoms with Crippen molar-refractivity contribution >= 4 is 23.0 Å². The number of hydrogen-bond donors (Lipinski definition) is 1. The molecule has 0 radical (unpaired) electrons. The van der Waals surface area contributed by atoms with Crippen LogP contribution in [0.5, 0.6) is 0 Å². The third-order valence-corrected chi connectivity index (χ3v) is 3.60. The number of nitrogens with zero attached hydrogens (tertiary/aromatic N) is 1. The largest absolute Gasteiger partial charge is 0.506 e. The normalized spacial score (nSPS) is 15.0. The van der Waals surface area contributed by atoms with Crippen molar-refractivity contribution < 1.29 is 14.7 Å². The predicted molar refractivity (Wildman–Crippen MR) is 84.2 cm³/mol. The minimum Gasteiger partial charge on any atom is -0.506 e. The second kappa shape index (κ2) is 5.41. The quantitative estimate of drug-likeness (QED) is 0.683. The van der Waals surface area contributed by atoms with E-state index in [-0.39, 0.29) is 16.9 Å². The lowest BCUT2D eigenvalue weighted by Crippen LogP contribution is -2.28. The molecule has 2 aromatic carbocycles. The van der Waals surface area contributed by atoms with Gasteiger partial charge >= 0.3 is 0 Å². The van der Waals surface area contributed by atoms with Gasteiger partial charge in [0.05, 0.1) is 11.3 Å². The molecule has 0 heterocycles. The average molecular weight is 291 g/mol. The maximum Gasteiger partial charge on any atom is 0.239 e. The average Bonchev–Trinajstić information content (AvgIpc) is 2.57. The van der Waals surface area contributed by atoms with Gasteiger partial charge in [-0.25, -0.2) is 0 Å². The number of carbonyl (C=O) groups is 2. The van der Waals surface area contributed by atoms with Crippen LogP contribution in [0.1, 0.15) is 21.5 Å². The Morgan fingerprint density at radius 2 is 1.45 bits per heavy atom. The second-order valence-electron chi connectivity index (χ2n) is 4.87. The Labute approximate surface area is 127 Å². The standard InChI is InChI=1S/C18H13NO3/c1-19-15(11-7-3-2-4-8-11)14-16(20)12-9-5-6-10-13(12)17(21)18(14)22/h2-10,20H,1H3. The summed E-state index contributed by atoms with van der Waals surface area (Å²) in [6.45, 7) is 0. The molecular formula is C18H13NO3. The molecule has 3 rings (SSSR count). The Hall–Kier alpha value is -3.01. The highest BCUT2D eigenvalue weighted by atomic mass is 16.3. The predicted octanol–water partition coefficient (Wildman–Crippen LogP) is 2.84. The third-order valence-electron chi connectivity index (χ3n) is 3.60. The van der Waals surface area contributed by atoms with Gasteiger partial charge in [-0.15, -0.1) is 0 Å². The van der Waals surface area contributed by atoms with Crippen LogP contribution < -0.4 is 0 Å². The van der Waals surface area contributed by atoms with E-state index in [4.69, 9.17) is 0 Å². The molecule has 1 N–H and O–H groups in total. The van der Waals surface area contributed by atoms with Crippen molar-refractivity contribution in [2.75, 3.05) is 7.05 Å². The number of rotatable bonds is 2. The summed E-state index contributed by atoms with van der Waals surface area (Å²) in [5.41, 5.74) is 1.52. The Morgan fingerprint density at radius 3 is 2.09 bits per heavy atom. The SMILES string of the molecule is CN=C(C1=C(O)c2ccccc2C(=O)C1=O)c1ccccc1. The van der Waals surface area contributed by atoms with E-state index in [1.807, 2.05) is 6.07 Å². The van der Waals surface area contributed by atoms with Gasteiger partial charge in [-0.05, 0) is 0 Å². The molecule has 1 aliphatic rings. The van der Waals surface area contributed by atoms with Crippen LogP contribution in [-0.2, 0) is 4.79 Å². The maximum atomic E-state index is 12.4. The highest BCUT2D eigenvalue weighted by Gasteiger charge is 2.35. The first kappa shape index (κ1) is 13.9. The molecule has 0 aliphatic heterocycles. The molecule has 0 saturated heterocycles. The summed E-state index contributed by atoms with van der Waals surface area (Å²) in [6.07, 6.45) is 0. The van der Waals surface area contributed by atoms with Crippen molar-refractivity contribution in [3.05, 3.63) is 76.9 Å². The van der Waals surface area contributed by atoms with E-state index in [2.05, 4.69) is 4.99 Å². The number of fused-ring (bicyclic) bond motifs is 1. The lowest BCUT2D eigenvalue weighted by Gasteiger charge is -2.19. The van der Waals surface area contributed by atoms with E-state index in [9.17, 15) is 14.7 Å². The van der Waals surface area contributed by atoms with Gasteiger partial charge in [0.2, 0.25) is 11.6 Å². The first-order valence-electron chi connectivity index (χ1n) is 6.79. The van der Waals surface area contributed by atoms with Crippen molar-refractivity contribution in [3.8, 4) is 0 Å². The van der Waals surface area contributed by atoms with Crippen LogP contribution in [0.2, 0.25) is 0 Å². The molecule has 2 aromatic rings. The van der Waals surface area contributed by atoms with E-state index in [1.54, 1.807) is 42.5 Å². The number of hydrogen-bond acceptors (Lipinski definition) is 4. The minimum absolute atomic E-state index is 0.0441. The van der Waals surface area contributed by atoms with Crippen LogP contribution in [0.3, 0.4) is 0 Å². The van der Waals surface area contributed by atoms with Crippen molar-refractivity contribution in [1.82, 2.24) is 0 Å². The van der Waals surface area contributed by atoms with E-state index in [0.29, 0.717) is 16.8 Å². The molecule has 22 heavy (non-hydrogen) atoms. The molecule has 0 amide bonds. The fourth-order valence-corrected chi connectivity index (χ4v) is 2.57. The van der Waals surface area contributed by atoms with E-state index in [0.717, 1.165) is 0 Å². The highest BCUT2D eigenvalue weighted by Crippen LogP contribution is 2.29. The van der Waals surface area contributed by atoms with E-state index in [1.165, 1.54) is 13.1 Å². The van der Waals surface area contributed by atoms with E-state index < -0.39 is 11.6 Å². The molecular weight excluding hydrogens is 278 g/mol. The zero-order valence-corrected chi connectivity index (χ0v) is 11.9. The fraction of sp³-hybridized carbons (Fsp3) is 0.0556. The summed E-state index contributed by atoms with van der Waals surface area (Å²) in [5.74, 6) is -1.56. The fourth-order valence-electron chi connectivity index (χ4n) is 2.57. The van der Waals surface area contributed by atoms with Gasteiger partial charge in [0, 0.05) is 23.7 Å². The summed E-state index contributed by atoms with van der Waals surface area (Å²) >= 11 is 0.